The lowest BCUT2D eigenvalue weighted by molar-refractivity contribution is -0.115. The van der Waals surface area contributed by atoms with Gasteiger partial charge in [-0.1, -0.05) is 12.2 Å². The van der Waals surface area contributed by atoms with Gasteiger partial charge in [0.25, 0.3) is 0 Å². The number of pyridine rings is 1. The van der Waals surface area contributed by atoms with E-state index in [0.29, 0.717) is 12.1 Å². The first kappa shape index (κ1) is 12.5. The number of aliphatic hydroxyl groups is 1. The van der Waals surface area contributed by atoms with Gasteiger partial charge in [-0.2, -0.15) is 0 Å². The zero-order valence-corrected chi connectivity index (χ0v) is 9.84. The molecule has 1 aromatic heterocycles. The first-order valence-corrected chi connectivity index (χ1v) is 5.65. The lowest BCUT2D eigenvalue weighted by atomic mass is 9.98. The van der Waals surface area contributed by atoms with E-state index in [-0.39, 0.29) is 12.3 Å². The summed E-state index contributed by atoms with van der Waals surface area (Å²) in [5, 5.41) is 12.2. The summed E-state index contributed by atoms with van der Waals surface area (Å²) in [5.74, 6) is -0.124. The summed E-state index contributed by atoms with van der Waals surface area (Å²) in [6.07, 6.45) is 8.74. The lowest BCUT2D eigenvalue weighted by Gasteiger charge is -2.21. The highest BCUT2D eigenvalue weighted by molar-refractivity contribution is 5.92. The number of allylic oxidation sites excluding steroid dienone is 1. The molecule has 0 aromatic carbocycles. The number of anilines is 1. The Hall–Kier alpha value is -1.98. The van der Waals surface area contributed by atoms with Crippen LogP contribution in [0.15, 0.2) is 48.3 Å². The van der Waals surface area contributed by atoms with Crippen LogP contribution in [0.4, 0.5) is 5.69 Å². The first-order chi connectivity index (χ1) is 8.55. The molecule has 1 aromatic rings. The summed E-state index contributed by atoms with van der Waals surface area (Å²) in [5.41, 5.74) is 5.73. The summed E-state index contributed by atoms with van der Waals surface area (Å²) in [6.45, 7) is 0. The van der Waals surface area contributed by atoms with Crippen LogP contribution in [-0.2, 0) is 4.79 Å². The molecule has 0 saturated carbocycles. The molecule has 1 unspecified atom stereocenters. The molecule has 0 bridgehead atoms. The van der Waals surface area contributed by atoms with E-state index in [1.165, 1.54) is 6.08 Å². The molecule has 1 atom stereocenters. The van der Waals surface area contributed by atoms with Crippen LogP contribution in [0.2, 0.25) is 0 Å². The maximum absolute atomic E-state index is 11.7. The third kappa shape index (κ3) is 3.51. The Bertz CT molecular complexity index is 492. The van der Waals surface area contributed by atoms with Gasteiger partial charge >= 0.3 is 0 Å². The topological polar surface area (TPSA) is 88.2 Å². The van der Waals surface area contributed by atoms with Crippen LogP contribution in [-0.4, -0.2) is 21.7 Å². The molecule has 0 fully saturated rings. The van der Waals surface area contributed by atoms with Crippen molar-refractivity contribution in [2.75, 3.05) is 5.32 Å². The molecule has 5 heteroatoms. The number of carbonyl (C=O) groups is 1. The van der Waals surface area contributed by atoms with Crippen LogP contribution in [0.5, 0.6) is 0 Å². The second-order valence-electron chi connectivity index (χ2n) is 4.27. The fourth-order valence-corrected chi connectivity index (χ4v) is 1.64. The van der Waals surface area contributed by atoms with E-state index in [1.807, 2.05) is 0 Å². The second-order valence-corrected chi connectivity index (χ2v) is 4.27. The van der Waals surface area contributed by atoms with Crippen molar-refractivity contribution < 1.29 is 9.90 Å². The zero-order chi connectivity index (χ0) is 13.0. The Balaban J connectivity index is 1.90. The minimum atomic E-state index is -1.29. The fraction of sp³-hybridized carbons (Fsp3) is 0.231. The van der Waals surface area contributed by atoms with Crippen molar-refractivity contribution in [3.63, 3.8) is 0 Å². The average Bonchev–Trinajstić information content (AvgIpc) is 2.33. The molecule has 1 aliphatic rings. The summed E-state index contributed by atoms with van der Waals surface area (Å²) >= 11 is 0. The molecule has 1 aliphatic carbocycles. The SMILES string of the molecule is NC1(O)C=CC(CC(=O)Nc2cccnc2)=CC1. The molecular formula is C13H15N3O2. The maximum Gasteiger partial charge on any atom is 0.228 e. The molecule has 18 heavy (non-hydrogen) atoms. The number of amides is 1. The van der Waals surface area contributed by atoms with Crippen LogP contribution in [0.25, 0.3) is 0 Å². The van der Waals surface area contributed by atoms with Crippen molar-refractivity contribution in [3.05, 3.63) is 48.3 Å². The smallest absolute Gasteiger partial charge is 0.228 e. The maximum atomic E-state index is 11.7. The minimum absolute atomic E-state index is 0.124. The largest absolute Gasteiger partial charge is 0.372 e. The molecule has 0 radical (unpaired) electrons. The van der Waals surface area contributed by atoms with Crippen LogP contribution < -0.4 is 11.1 Å². The van der Waals surface area contributed by atoms with Gasteiger partial charge in [0.05, 0.1) is 18.3 Å². The van der Waals surface area contributed by atoms with Crippen molar-refractivity contribution in [2.24, 2.45) is 5.73 Å². The summed E-state index contributed by atoms with van der Waals surface area (Å²) < 4.78 is 0. The highest BCUT2D eigenvalue weighted by Crippen LogP contribution is 2.18. The van der Waals surface area contributed by atoms with E-state index >= 15 is 0 Å². The number of carbonyl (C=O) groups excluding carboxylic acids is 1. The van der Waals surface area contributed by atoms with E-state index in [0.717, 1.165) is 5.57 Å². The molecule has 94 valence electrons. The minimum Gasteiger partial charge on any atom is -0.372 e. The molecule has 2 rings (SSSR count). The zero-order valence-electron chi connectivity index (χ0n) is 9.84. The number of nitrogens with one attached hydrogen (secondary N) is 1. The Kier molecular flexibility index (Phi) is 3.55. The third-order valence-electron chi connectivity index (χ3n) is 2.59. The summed E-state index contributed by atoms with van der Waals surface area (Å²) in [7, 11) is 0. The predicted octanol–water partition coefficient (Wildman–Crippen LogP) is 0.944. The van der Waals surface area contributed by atoms with Gasteiger partial charge in [-0.25, -0.2) is 0 Å². The number of nitrogens with two attached hydrogens (primary N) is 1. The van der Waals surface area contributed by atoms with E-state index in [9.17, 15) is 9.90 Å². The quantitative estimate of drug-likeness (QED) is 0.692. The van der Waals surface area contributed by atoms with Crippen molar-refractivity contribution in [1.29, 1.82) is 0 Å². The van der Waals surface area contributed by atoms with Crippen molar-refractivity contribution >= 4 is 11.6 Å². The number of hydrogen-bond acceptors (Lipinski definition) is 4. The van der Waals surface area contributed by atoms with Gasteiger partial charge in [-0.3, -0.25) is 9.78 Å². The third-order valence-corrected chi connectivity index (χ3v) is 2.59. The van der Waals surface area contributed by atoms with Crippen molar-refractivity contribution in [1.82, 2.24) is 4.98 Å². The number of nitrogens with zero attached hydrogens (tertiary/aromatic N) is 1. The van der Waals surface area contributed by atoms with Gasteiger partial charge in [0.2, 0.25) is 5.91 Å². The normalized spacial score (nSPS) is 22.4. The van der Waals surface area contributed by atoms with Gasteiger partial charge in [-0.05, 0) is 23.8 Å². The van der Waals surface area contributed by atoms with Gasteiger partial charge in [0, 0.05) is 12.6 Å². The molecule has 0 spiro atoms. The average molecular weight is 245 g/mol. The van der Waals surface area contributed by atoms with E-state index in [4.69, 9.17) is 5.73 Å². The molecule has 0 aliphatic heterocycles. The predicted molar refractivity (Wildman–Crippen MR) is 68.5 cm³/mol. The van der Waals surface area contributed by atoms with Crippen LogP contribution in [0.3, 0.4) is 0 Å². The lowest BCUT2D eigenvalue weighted by Crippen LogP contribution is -2.37. The molecule has 0 saturated heterocycles. The van der Waals surface area contributed by atoms with Crippen LogP contribution in [0.1, 0.15) is 12.8 Å². The molecule has 5 nitrogen and oxygen atoms in total. The summed E-state index contributed by atoms with van der Waals surface area (Å²) in [4.78, 5) is 15.6. The first-order valence-electron chi connectivity index (χ1n) is 5.65. The fourth-order valence-electron chi connectivity index (χ4n) is 1.64. The highest BCUT2D eigenvalue weighted by Gasteiger charge is 2.19. The van der Waals surface area contributed by atoms with Crippen LogP contribution >= 0.6 is 0 Å². The number of hydrogen-bond donors (Lipinski definition) is 3. The Morgan fingerprint density at radius 2 is 2.44 bits per heavy atom. The Morgan fingerprint density at radius 3 is 3.06 bits per heavy atom. The van der Waals surface area contributed by atoms with Crippen molar-refractivity contribution in [2.45, 2.75) is 18.6 Å². The molecule has 4 N–H and O–H groups in total. The summed E-state index contributed by atoms with van der Waals surface area (Å²) in [6, 6.07) is 3.53. The van der Waals surface area contributed by atoms with Gasteiger partial charge in [0.15, 0.2) is 0 Å². The van der Waals surface area contributed by atoms with Gasteiger partial charge < -0.3 is 16.2 Å². The molecule has 1 heterocycles. The molecular weight excluding hydrogens is 230 g/mol. The molecule has 1 amide bonds. The van der Waals surface area contributed by atoms with Crippen LogP contribution in [0, 0.1) is 0 Å². The van der Waals surface area contributed by atoms with Gasteiger partial charge in [0.1, 0.15) is 5.72 Å². The Labute approximate surface area is 105 Å². The van der Waals surface area contributed by atoms with E-state index in [1.54, 1.807) is 36.7 Å². The number of rotatable bonds is 3. The highest BCUT2D eigenvalue weighted by atomic mass is 16.3. The standard InChI is InChI=1S/C13H15N3O2/c14-13(18)5-3-10(4-6-13)8-12(17)16-11-2-1-7-15-9-11/h1-5,7,9,18H,6,8,14H2,(H,16,17). The van der Waals surface area contributed by atoms with Crippen molar-refractivity contribution in [3.8, 4) is 0 Å². The Morgan fingerprint density at radius 1 is 1.61 bits per heavy atom. The van der Waals surface area contributed by atoms with Gasteiger partial charge in [-0.15, -0.1) is 0 Å². The monoisotopic (exact) mass is 245 g/mol. The second kappa shape index (κ2) is 5.12. The van der Waals surface area contributed by atoms with E-state index < -0.39 is 5.72 Å². The van der Waals surface area contributed by atoms with E-state index in [2.05, 4.69) is 10.3 Å². The number of aromatic nitrogens is 1.